The summed E-state index contributed by atoms with van der Waals surface area (Å²) in [7, 11) is 0.500. The number of ether oxygens (including phenoxy) is 1. The second-order valence-corrected chi connectivity index (χ2v) is 4.12. The Bertz CT molecular complexity index is 505. The monoisotopic (exact) mass is 300 g/mol. The molecule has 0 atom stereocenters. The van der Waals surface area contributed by atoms with Crippen molar-refractivity contribution in [1.82, 2.24) is 0 Å². The molecule has 0 bridgehead atoms. The number of anilines is 1. The number of hydrogen-bond acceptors (Lipinski definition) is 5. The quantitative estimate of drug-likeness (QED) is 0.494. The second kappa shape index (κ2) is 9.40. The molecule has 0 aliphatic heterocycles. The molecule has 1 rings (SSSR count). The molecule has 0 heterocycles. The number of halogens is 1. The number of nitro benzene ring substituents is 1. The summed E-state index contributed by atoms with van der Waals surface area (Å²) >= 11 is 0. The summed E-state index contributed by atoms with van der Waals surface area (Å²) in [6.45, 7) is 3.45. The van der Waals surface area contributed by atoms with Crippen LogP contribution in [0.15, 0.2) is 18.2 Å². The van der Waals surface area contributed by atoms with Crippen molar-refractivity contribution in [3.05, 3.63) is 33.9 Å². The zero-order chi connectivity index (χ0) is 16.4. The van der Waals surface area contributed by atoms with Gasteiger partial charge >= 0.3 is 0 Å². The minimum Gasteiger partial charge on any atom is -0.463 e. The largest absolute Gasteiger partial charge is 0.463 e. The third-order valence-electron chi connectivity index (χ3n) is 2.40. The van der Waals surface area contributed by atoms with Gasteiger partial charge in [0.1, 0.15) is 12.3 Å². The maximum atomic E-state index is 11.7. The molecule has 0 radical (unpaired) electrons. The third kappa shape index (κ3) is 5.55. The Balaban J connectivity index is 0.00000191. The number of amides is 1. The number of para-hydroxylation sites is 1. The fourth-order valence-corrected chi connectivity index (χ4v) is 1.39. The first-order valence-corrected chi connectivity index (χ1v) is 5.97. The molecule has 1 N–H and O–H groups in total. The van der Waals surface area contributed by atoms with E-state index in [9.17, 15) is 24.1 Å². The Hall–Kier alpha value is -2.51. The summed E-state index contributed by atoms with van der Waals surface area (Å²) in [5.74, 6) is -0.665. The van der Waals surface area contributed by atoms with E-state index in [1.165, 1.54) is 12.1 Å². The Labute approximate surface area is 121 Å². The minimum absolute atomic E-state index is 0.0630. The van der Waals surface area contributed by atoms with Gasteiger partial charge in [-0.1, -0.05) is 26.0 Å². The van der Waals surface area contributed by atoms with Crippen LogP contribution in [0.1, 0.15) is 19.4 Å². The van der Waals surface area contributed by atoms with Crippen molar-refractivity contribution in [2.45, 2.75) is 20.5 Å². The van der Waals surface area contributed by atoms with Crippen LogP contribution in [-0.4, -0.2) is 24.5 Å². The predicted octanol–water partition coefficient (Wildman–Crippen LogP) is 2.45. The molecule has 0 saturated heterocycles. The Morgan fingerprint density at radius 2 is 2.10 bits per heavy atom. The lowest BCUT2D eigenvalue weighted by Crippen LogP contribution is -2.19. The summed E-state index contributed by atoms with van der Waals surface area (Å²) in [5.41, 5.74) is 0.198. The van der Waals surface area contributed by atoms with E-state index in [1.54, 1.807) is 19.9 Å². The second-order valence-electron chi connectivity index (χ2n) is 4.12. The van der Waals surface area contributed by atoms with Gasteiger partial charge in [-0.15, -0.1) is 0 Å². The molecule has 0 fully saturated rings. The van der Waals surface area contributed by atoms with Crippen LogP contribution in [0.3, 0.4) is 0 Å². The molecule has 1 aromatic rings. The fraction of sp³-hybridized carbons (Fsp3) is 0.385. The van der Waals surface area contributed by atoms with Crippen LogP contribution >= 0.6 is 0 Å². The van der Waals surface area contributed by atoms with Gasteiger partial charge in [-0.05, 0) is 0 Å². The van der Waals surface area contributed by atoms with Gasteiger partial charge in [0.25, 0.3) is 12.2 Å². The lowest BCUT2D eigenvalue weighted by molar-refractivity contribution is -0.384. The third-order valence-corrected chi connectivity index (χ3v) is 2.40. The topological polar surface area (TPSA) is 98.5 Å². The van der Waals surface area contributed by atoms with Gasteiger partial charge in [0.15, 0.2) is 0 Å². The van der Waals surface area contributed by atoms with Gasteiger partial charge in [0.05, 0.1) is 12.1 Å². The molecule has 0 unspecified atom stereocenters. The summed E-state index contributed by atoms with van der Waals surface area (Å²) < 4.78 is 14.1. The number of carbonyl (C=O) groups is 2. The smallest absolute Gasteiger partial charge is 0.293 e. The van der Waals surface area contributed by atoms with E-state index in [-0.39, 0.29) is 36.3 Å². The molecule has 0 spiro atoms. The fourth-order valence-electron chi connectivity index (χ4n) is 1.39. The highest BCUT2D eigenvalue weighted by Gasteiger charge is 2.20. The van der Waals surface area contributed by atoms with Gasteiger partial charge in [-0.3, -0.25) is 24.1 Å². The number of nitro groups is 1. The highest BCUT2D eigenvalue weighted by atomic mass is 19.1. The molecular formula is C13H17FN2O5. The Kier molecular flexibility index (Phi) is 8.28. The average molecular weight is 300 g/mol. The number of nitrogens with zero attached hydrogens (tertiary/aromatic N) is 1. The van der Waals surface area contributed by atoms with Crippen LogP contribution in [0.2, 0.25) is 0 Å². The molecule has 8 heteroatoms. The van der Waals surface area contributed by atoms with Crippen molar-refractivity contribution < 1.29 is 23.6 Å². The number of rotatable bonds is 6. The lowest BCUT2D eigenvalue weighted by atomic mass is 10.1. The first kappa shape index (κ1) is 18.5. The molecule has 21 heavy (non-hydrogen) atoms. The zero-order valence-electron chi connectivity index (χ0n) is 12.0. The highest BCUT2D eigenvalue weighted by Crippen LogP contribution is 2.29. The SMILES string of the molecule is CC(C)C(=O)Nc1c(COC=O)cccc1[N+](=O)[O-].CF. The van der Waals surface area contributed by atoms with Crippen molar-refractivity contribution in [3.8, 4) is 0 Å². The molecule has 0 saturated carbocycles. The molecule has 1 amide bonds. The average Bonchev–Trinajstić information content (AvgIpc) is 2.47. The van der Waals surface area contributed by atoms with Crippen LogP contribution in [0.4, 0.5) is 15.8 Å². The minimum atomic E-state index is -0.597. The maximum Gasteiger partial charge on any atom is 0.293 e. The molecule has 0 aliphatic carbocycles. The van der Waals surface area contributed by atoms with Crippen LogP contribution in [-0.2, 0) is 20.9 Å². The van der Waals surface area contributed by atoms with Crippen LogP contribution in [0.5, 0.6) is 0 Å². The molecule has 7 nitrogen and oxygen atoms in total. The van der Waals surface area contributed by atoms with E-state index >= 15 is 0 Å². The van der Waals surface area contributed by atoms with Crippen LogP contribution in [0.25, 0.3) is 0 Å². The summed E-state index contributed by atoms with van der Waals surface area (Å²) in [5, 5.41) is 13.4. The van der Waals surface area contributed by atoms with Crippen molar-refractivity contribution in [1.29, 1.82) is 0 Å². The molecular weight excluding hydrogens is 283 g/mol. The maximum absolute atomic E-state index is 11.7. The van der Waals surface area contributed by atoms with Crippen molar-refractivity contribution in [3.63, 3.8) is 0 Å². The van der Waals surface area contributed by atoms with E-state index in [1.807, 2.05) is 0 Å². The highest BCUT2D eigenvalue weighted by molar-refractivity contribution is 5.95. The molecule has 1 aromatic carbocycles. The van der Waals surface area contributed by atoms with Gasteiger partial charge in [0, 0.05) is 17.5 Å². The molecule has 0 aliphatic rings. The van der Waals surface area contributed by atoms with Gasteiger partial charge in [-0.25, -0.2) is 0 Å². The lowest BCUT2D eigenvalue weighted by Gasteiger charge is -2.12. The van der Waals surface area contributed by atoms with E-state index < -0.39 is 4.92 Å². The van der Waals surface area contributed by atoms with E-state index in [2.05, 4.69) is 10.1 Å². The van der Waals surface area contributed by atoms with Gasteiger partial charge in [-0.2, -0.15) is 0 Å². The van der Waals surface area contributed by atoms with E-state index in [0.29, 0.717) is 12.7 Å². The van der Waals surface area contributed by atoms with Crippen molar-refractivity contribution in [2.75, 3.05) is 12.5 Å². The summed E-state index contributed by atoms with van der Waals surface area (Å²) in [6.07, 6.45) is 0. The standard InChI is InChI=1S/C12H14N2O5.CH3F/c1-8(2)12(16)13-11-9(6-19-7-15)4-3-5-10(11)14(17)18;1-2/h3-5,7-8H,6H2,1-2H3,(H,13,16);1H3. The molecule has 116 valence electrons. The van der Waals surface area contributed by atoms with E-state index in [4.69, 9.17) is 0 Å². The Morgan fingerprint density at radius 1 is 1.48 bits per heavy atom. The number of carbonyl (C=O) groups excluding carboxylic acids is 2. The Morgan fingerprint density at radius 3 is 2.57 bits per heavy atom. The van der Waals surface area contributed by atoms with Crippen LogP contribution in [0, 0.1) is 16.0 Å². The molecule has 0 aromatic heterocycles. The summed E-state index contributed by atoms with van der Waals surface area (Å²) in [6, 6.07) is 4.29. The van der Waals surface area contributed by atoms with Crippen molar-refractivity contribution in [2.24, 2.45) is 5.92 Å². The number of hydrogen-bond donors (Lipinski definition) is 1. The van der Waals surface area contributed by atoms with E-state index in [0.717, 1.165) is 0 Å². The first-order chi connectivity index (χ1) is 9.97. The summed E-state index contributed by atoms with van der Waals surface area (Å²) in [4.78, 5) is 32.2. The normalized spacial score (nSPS) is 9.38. The number of alkyl halides is 1. The number of nitrogens with one attached hydrogen (secondary N) is 1. The van der Waals surface area contributed by atoms with Crippen LogP contribution < -0.4 is 5.32 Å². The first-order valence-electron chi connectivity index (χ1n) is 5.97. The van der Waals surface area contributed by atoms with Gasteiger partial charge < -0.3 is 10.1 Å². The zero-order valence-corrected chi connectivity index (χ0v) is 12.0. The van der Waals surface area contributed by atoms with Crippen molar-refractivity contribution >= 4 is 23.8 Å². The number of benzene rings is 1. The predicted molar refractivity (Wildman–Crippen MR) is 74.4 cm³/mol. The van der Waals surface area contributed by atoms with Gasteiger partial charge in [0.2, 0.25) is 5.91 Å².